The molecule has 0 spiro atoms. The summed E-state index contributed by atoms with van der Waals surface area (Å²) in [6.45, 7) is 1.02. The van der Waals surface area contributed by atoms with Gasteiger partial charge in [-0.25, -0.2) is 5.01 Å². The maximum absolute atomic E-state index is 5.14. The summed E-state index contributed by atoms with van der Waals surface area (Å²) in [6, 6.07) is 31.9. The molecule has 0 amide bonds. The molecule has 26 heavy (non-hydrogen) atoms. The second-order valence-corrected chi connectivity index (χ2v) is 6.87. The van der Waals surface area contributed by atoms with Gasteiger partial charge >= 0.3 is 0 Å². The Hall–Kier alpha value is -3.07. The molecule has 5 rings (SSSR count). The summed E-state index contributed by atoms with van der Waals surface area (Å²) in [7, 11) is 0. The number of hydrazone groups is 1. The molecule has 2 heterocycles. The summed E-state index contributed by atoms with van der Waals surface area (Å²) in [6.07, 6.45) is 2.22. The molecule has 1 fully saturated rings. The number of anilines is 1. The van der Waals surface area contributed by atoms with Crippen LogP contribution in [0.1, 0.15) is 24.0 Å². The fraction of sp³-hybridized carbons (Fsp3) is 0.174. The van der Waals surface area contributed by atoms with Crippen LogP contribution in [0.3, 0.4) is 0 Å². The van der Waals surface area contributed by atoms with Crippen LogP contribution in [-0.4, -0.2) is 17.3 Å². The van der Waals surface area contributed by atoms with Gasteiger partial charge in [0.15, 0.2) is 11.5 Å². The first kappa shape index (κ1) is 15.2. The van der Waals surface area contributed by atoms with Crippen LogP contribution in [0, 0.1) is 0 Å². The molecule has 0 saturated carbocycles. The lowest BCUT2D eigenvalue weighted by Gasteiger charge is -2.40. The third kappa shape index (κ3) is 2.17. The Morgan fingerprint density at radius 2 is 1.35 bits per heavy atom. The number of nitrogens with zero attached hydrogens (tertiary/aromatic N) is 3. The molecule has 2 aliphatic heterocycles. The van der Waals surface area contributed by atoms with Crippen LogP contribution < -0.4 is 5.01 Å². The van der Waals surface area contributed by atoms with Crippen molar-refractivity contribution in [1.29, 1.82) is 0 Å². The van der Waals surface area contributed by atoms with Gasteiger partial charge in [0.05, 0.1) is 5.69 Å². The van der Waals surface area contributed by atoms with Gasteiger partial charge in [-0.15, -0.1) is 0 Å². The number of rotatable bonds is 3. The molecule has 3 nitrogen and oxygen atoms in total. The highest BCUT2D eigenvalue weighted by Crippen LogP contribution is 2.48. The Morgan fingerprint density at radius 1 is 0.731 bits per heavy atom. The Kier molecular flexibility index (Phi) is 3.52. The normalized spacial score (nSPS) is 21.6. The molecule has 1 saturated heterocycles. The molecule has 0 aromatic heterocycles. The fourth-order valence-corrected chi connectivity index (χ4v) is 4.31. The van der Waals surface area contributed by atoms with Crippen LogP contribution in [0.15, 0.2) is 96.1 Å². The van der Waals surface area contributed by atoms with E-state index in [0.29, 0.717) is 0 Å². The molecule has 0 aliphatic carbocycles. The van der Waals surface area contributed by atoms with Crippen molar-refractivity contribution in [2.24, 2.45) is 5.10 Å². The maximum atomic E-state index is 5.14. The van der Waals surface area contributed by atoms with Crippen molar-refractivity contribution in [3.05, 3.63) is 102 Å². The van der Waals surface area contributed by atoms with E-state index >= 15 is 0 Å². The summed E-state index contributed by atoms with van der Waals surface area (Å²) >= 11 is 0. The van der Waals surface area contributed by atoms with Crippen LogP contribution in [0.4, 0.5) is 5.69 Å². The van der Waals surface area contributed by atoms with E-state index in [2.05, 4.69) is 101 Å². The van der Waals surface area contributed by atoms with E-state index in [4.69, 9.17) is 5.10 Å². The van der Waals surface area contributed by atoms with Crippen molar-refractivity contribution >= 4 is 11.5 Å². The number of fused-ring (bicyclic) bond motifs is 1. The lowest BCUT2D eigenvalue weighted by Crippen LogP contribution is -2.49. The smallest absolute Gasteiger partial charge is 0.161 e. The Morgan fingerprint density at radius 3 is 2.04 bits per heavy atom. The zero-order valence-electron chi connectivity index (χ0n) is 14.6. The average molecular weight is 339 g/mol. The zero-order valence-corrected chi connectivity index (χ0v) is 14.6. The molecule has 3 aromatic carbocycles. The highest BCUT2D eigenvalue weighted by Gasteiger charge is 2.53. The topological polar surface area (TPSA) is 18.8 Å². The Labute approximate surface area is 154 Å². The molecule has 0 radical (unpaired) electrons. The number of benzene rings is 3. The van der Waals surface area contributed by atoms with E-state index < -0.39 is 0 Å². The van der Waals surface area contributed by atoms with E-state index in [-0.39, 0.29) is 5.66 Å². The number of hydrogen-bond acceptors (Lipinski definition) is 3. The van der Waals surface area contributed by atoms with E-state index in [1.807, 2.05) is 0 Å². The average Bonchev–Trinajstić information content (AvgIpc) is 3.29. The highest BCUT2D eigenvalue weighted by molar-refractivity contribution is 6.02. The first-order chi connectivity index (χ1) is 12.9. The Bertz CT molecular complexity index is 921. The first-order valence-electron chi connectivity index (χ1n) is 9.22. The molecule has 128 valence electrons. The summed E-state index contributed by atoms with van der Waals surface area (Å²) in [5.74, 6) is 1.07. The van der Waals surface area contributed by atoms with Gasteiger partial charge < -0.3 is 4.90 Å². The molecule has 3 aromatic rings. The van der Waals surface area contributed by atoms with Crippen molar-refractivity contribution < 1.29 is 0 Å². The van der Waals surface area contributed by atoms with Crippen molar-refractivity contribution in [2.45, 2.75) is 18.5 Å². The number of amidine groups is 1. The van der Waals surface area contributed by atoms with Gasteiger partial charge in [0.25, 0.3) is 0 Å². The van der Waals surface area contributed by atoms with E-state index in [1.54, 1.807) is 0 Å². The molecule has 2 aliphatic rings. The lowest BCUT2D eigenvalue weighted by molar-refractivity contribution is 0.250. The van der Waals surface area contributed by atoms with Crippen LogP contribution in [-0.2, 0) is 5.66 Å². The summed E-state index contributed by atoms with van der Waals surface area (Å²) in [4.78, 5) is 2.49. The molecular weight excluding hydrogens is 318 g/mol. The molecule has 0 N–H and O–H groups in total. The van der Waals surface area contributed by atoms with Crippen molar-refractivity contribution in [3.63, 3.8) is 0 Å². The lowest BCUT2D eigenvalue weighted by atomic mass is 9.95. The minimum atomic E-state index is -0.242. The third-order valence-corrected chi connectivity index (χ3v) is 5.42. The standard InChI is InChI=1S/C23H21N3/c1-4-11-19(12-5-1)22-24-26(21-15-8-3-9-16-21)23(17-10-18-25(22)23)20-13-6-2-7-14-20/h1-9,11-16H,10,17-18H2. The minimum Gasteiger partial charge on any atom is -0.326 e. The van der Waals surface area contributed by atoms with Gasteiger partial charge in [0.2, 0.25) is 0 Å². The van der Waals surface area contributed by atoms with Crippen LogP contribution in [0.5, 0.6) is 0 Å². The molecule has 1 atom stereocenters. The predicted octanol–water partition coefficient (Wildman–Crippen LogP) is 4.82. The number of para-hydroxylation sites is 1. The van der Waals surface area contributed by atoms with Crippen molar-refractivity contribution in [1.82, 2.24) is 4.90 Å². The first-order valence-corrected chi connectivity index (χ1v) is 9.22. The molecular formula is C23H21N3. The van der Waals surface area contributed by atoms with Gasteiger partial charge in [-0.3, -0.25) is 0 Å². The molecule has 0 bridgehead atoms. The van der Waals surface area contributed by atoms with Crippen molar-refractivity contribution in [2.75, 3.05) is 11.6 Å². The van der Waals surface area contributed by atoms with Crippen molar-refractivity contribution in [3.8, 4) is 0 Å². The quantitative estimate of drug-likeness (QED) is 0.681. The van der Waals surface area contributed by atoms with E-state index in [0.717, 1.165) is 30.9 Å². The monoisotopic (exact) mass is 339 g/mol. The minimum absolute atomic E-state index is 0.242. The molecule has 1 unspecified atom stereocenters. The van der Waals surface area contributed by atoms with Gasteiger partial charge in [0.1, 0.15) is 0 Å². The highest BCUT2D eigenvalue weighted by atomic mass is 15.7. The fourth-order valence-electron chi connectivity index (χ4n) is 4.31. The Balaban J connectivity index is 1.72. The SMILES string of the molecule is c1ccc(C2=NN(c3ccccc3)C3(c4ccccc4)CCCN23)cc1. The van der Waals surface area contributed by atoms with Gasteiger partial charge in [-0.05, 0) is 30.5 Å². The van der Waals surface area contributed by atoms with E-state index in [1.165, 1.54) is 11.1 Å². The third-order valence-electron chi connectivity index (χ3n) is 5.42. The second kappa shape index (κ2) is 6.03. The van der Waals surface area contributed by atoms with E-state index in [9.17, 15) is 0 Å². The summed E-state index contributed by atoms with van der Waals surface area (Å²) < 4.78 is 0. The van der Waals surface area contributed by atoms with Crippen LogP contribution in [0.25, 0.3) is 0 Å². The summed E-state index contributed by atoms with van der Waals surface area (Å²) in [5, 5.41) is 7.37. The zero-order chi connectivity index (χ0) is 17.4. The largest absolute Gasteiger partial charge is 0.326 e. The van der Waals surface area contributed by atoms with Gasteiger partial charge in [-0.2, -0.15) is 5.10 Å². The summed E-state index contributed by atoms with van der Waals surface area (Å²) in [5.41, 5.74) is 3.37. The maximum Gasteiger partial charge on any atom is 0.161 e. The van der Waals surface area contributed by atoms with Crippen LogP contribution >= 0.6 is 0 Å². The predicted molar refractivity (Wildman–Crippen MR) is 106 cm³/mol. The second-order valence-electron chi connectivity index (χ2n) is 6.87. The van der Waals surface area contributed by atoms with Crippen LogP contribution in [0.2, 0.25) is 0 Å². The van der Waals surface area contributed by atoms with Gasteiger partial charge in [-0.1, -0.05) is 78.9 Å². The number of hydrogen-bond donors (Lipinski definition) is 0. The molecule has 3 heteroatoms. The van der Waals surface area contributed by atoms with Gasteiger partial charge in [0, 0.05) is 12.1 Å².